The second-order valence-electron chi connectivity index (χ2n) is 5.00. The average Bonchev–Trinajstić information content (AvgIpc) is 2.42. The molecule has 2 aromatic carbocycles. The smallest absolute Gasteiger partial charge is 0.258 e. The van der Waals surface area contributed by atoms with Crippen molar-refractivity contribution in [2.24, 2.45) is 0 Å². The minimum atomic E-state index is -0.754. The maximum Gasteiger partial charge on any atom is 0.258 e. The van der Waals surface area contributed by atoms with Gasteiger partial charge >= 0.3 is 0 Å². The maximum absolute atomic E-state index is 13.3. The Morgan fingerprint density at radius 3 is 2.24 bits per heavy atom. The van der Waals surface area contributed by atoms with Crippen LogP contribution in [0.2, 0.25) is 0 Å². The van der Waals surface area contributed by atoms with Crippen LogP contribution in [0.25, 0.3) is 0 Å². The van der Waals surface area contributed by atoms with Crippen molar-refractivity contribution in [2.75, 3.05) is 11.4 Å². The Kier molecular flexibility index (Phi) is 4.36. The molecule has 110 valence electrons. The van der Waals surface area contributed by atoms with Crippen LogP contribution in [-0.2, 0) is 0 Å². The van der Waals surface area contributed by atoms with E-state index in [1.165, 1.54) is 4.90 Å². The van der Waals surface area contributed by atoms with Gasteiger partial charge in [-0.3, -0.25) is 4.79 Å². The van der Waals surface area contributed by atoms with Gasteiger partial charge in [0.15, 0.2) is 0 Å². The normalized spacial score (nSPS) is 10.5. The first-order valence-corrected chi connectivity index (χ1v) is 6.77. The minimum Gasteiger partial charge on any atom is -0.308 e. The summed E-state index contributed by atoms with van der Waals surface area (Å²) in [5, 5.41) is 0. The third-order valence-corrected chi connectivity index (χ3v) is 3.33. The number of amides is 1. The lowest BCUT2D eigenvalue weighted by molar-refractivity contribution is 0.0987. The van der Waals surface area contributed by atoms with E-state index in [4.69, 9.17) is 0 Å². The third kappa shape index (κ3) is 3.27. The van der Waals surface area contributed by atoms with Crippen molar-refractivity contribution in [3.63, 3.8) is 0 Å². The number of halogens is 2. The Hall–Kier alpha value is -2.23. The lowest BCUT2D eigenvalue weighted by Crippen LogP contribution is -2.31. The average molecular weight is 289 g/mol. The summed E-state index contributed by atoms with van der Waals surface area (Å²) in [6, 6.07) is 8.64. The lowest BCUT2D eigenvalue weighted by atomic mass is 10.1. The highest BCUT2D eigenvalue weighted by Crippen LogP contribution is 2.23. The van der Waals surface area contributed by atoms with Crippen molar-refractivity contribution < 1.29 is 13.6 Å². The molecule has 2 aromatic rings. The van der Waals surface area contributed by atoms with E-state index in [0.29, 0.717) is 6.54 Å². The van der Waals surface area contributed by atoms with Crippen LogP contribution in [0.4, 0.5) is 14.5 Å². The number of hydrogen-bond acceptors (Lipinski definition) is 1. The summed E-state index contributed by atoms with van der Waals surface area (Å²) in [6.45, 7) is 6.08. The molecule has 0 aliphatic carbocycles. The Morgan fingerprint density at radius 2 is 1.67 bits per heavy atom. The van der Waals surface area contributed by atoms with Gasteiger partial charge in [-0.2, -0.15) is 0 Å². The first kappa shape index (κ1) is 15.2. The Morgan fingerprint density at radius 1 is 1.05 bits per heavy atom. The summed E-state index contributed by atoms with van der Waals surface area (Å²) in [5.41, 5.74) is 2.72. The van der Waals surface area contributed by atoms with Crippen molar-refractivity contribution in [3.05, 3.63) is 64.7 Å². The van der Waals surface area contributed by atoms with Crippen molar-refractivity contribution in [1.82, 2.24) is 0 Å². The molecular formula is C17H17F2NO. The predicted octanol–water partition coefficient (Wildman–Crippen LogP) is 4.25. The summed E-state index contributed by atoms with van der Waals surface area (Å²) in [7, 11) is 0. The second-order valence-corrected chi connectivity index (χ2v) is 5.00. The van der Waals surface area contributed by atoms with E-state index in [1.807, 2.05) is 39.0 Å². The molecule has 0 aliphatic heterocycles. The van der Waals surface area contributed by atoms with Gasteiger partial charge in [0.2, 0.25) is 0 Å². The SMILES string of the molecule is CCN(C(=O)c1cc(F)cc(F)c1)c1cc(C)ccc1C. The standard InChI is InChI=1S/C17H17F2NO/c1-4-20(16-7-11(2)5-6-12(16)3)17(21)13-8-14(18)10-15(19)9-13/h5-10H,4H2,1-3H3. The number of nitrogens with zero attached hydrogens (tertiary/aromatic N) is 1. The highest BCUT2D eigenvalue weighted by Gasteiger charge is 2.19. The van der Waals surface area contributed by atoms with Gasteiger partial charge in [-0.15, -0.1) is 0 Å². The summed E-state index contributed by atoms with van der Waals surface area (Å²) in [5.74, 6) is -1.92. The number of carbonyl (C=O) groups excluding carboxylic acids is 1. The van der Waals surface area contributed by atoms with Crippen LogP contribution in [0.5, 0.6) is 0 Å². The number of carbonyl (C=O) groups is 1. The second kappa shape index (κ2) is 6.04. The van der Waals surface area contributed by atoms with Gasteiger partial charge in [0.05, 0.1) is 0 Å². The van der Waals surface area contributed by atoms with Crippen LogP contribution in [0.15, 0.2) is 36.4 Å². The van der Waals surface area contributed by atoms with Gasteiger partial charge < -0.3 is 4.90 Å². The van der Waals surface area contributed by atoms with E-state index in [1.54, 1.807) is 0 Å². The van der Waals surface area contributed by atoms with Gasteiger partial charge in [-0.1, -0.05) is 12.1 Å². The fraction of sp³-hybridized carbons (Fsp3) is 0.235. The van der Waals surface area contributed by atoms with Gasteiger partial charge in [0.1, 0.15) is 11.6 Å². The first-order chi connectivity index (χ1) is 9.92. The fourth-order valence-corrected chi connectivity index (χ4v) is 2.27. The summed E-state index contributed by atoms with van der Waals surface area (Å²) < 4.78 is 26.6. The van der Waals surface area contributed by atoms with Crippen LogP contribution in [0.1, 0.15) is 28.4 Å². The molecule has 0 bridgehead atoms. The molecule has 0 radical (unpaired) electrons. The monoisotopic (exact) mass is 289 g/mol. The van der Waals surface area contributed by atoms with Gasteiger partial charge in [0.25, 0.3) is 5.91 Å². The van der Waals surface area contributed by atoms with Crippen LogP contribution in [0.3, 0.4) is 0 Å². The molecule has 2 nitrogen and oxygen atoms in total. The maximum atomic E-state index is 13.3. The van der Waals surface area contributed by atoms with E-state index in [0.717, 1.165) is 35.0 Å². The van der Waals surface area contributed by atoms with Crippen molar-refractivity contribution in [2.45, 2.75) is 20.8 Å². The first-order valence-electron chi connectivity index (χ1n) is 6.77. The molecule has 0 atom stereocenters. The zero-order valence-electron chi connectivity index (χ0n) is 12.3. The van der Waals surface area contributed by atoms with Crippen molar-refractivity contribution >= 4 is 11.6 Å². The number of anilines is 1. The van der Waals surface area contributed by atoms with E-state index in [9.17, 15) is 13.6 Å². The molecule has 0 aromatic heterocycles. The highest BCUT2D eigenvalue weighted by molar-refractivity contribution is 6.06. The van der Waals surface area contributed by atoms with Crippen LogP contribution in [-0.4, -0.2) is 12.5 Å². The number of rotatable bonds is 3. The number of hydrogen-bond donors (Lipinski definition) is 0. The van der Waals surface area contributed by atoms with Crippen LogP contribution < -0.4 is 4.90 Å². The van der Waals surface area contributed by atoms with E-state index in [2.05, 4.69) is 0 Å². The van der Waals surface area contributed by atoms with Crippen molar-refractivity contribution in [3.8, 4) is 0 Å². The van der Waals surface area contributed by atoms with E-state index < -0.39 is 17.5 Å². The zero-order chi connectivity index (χ0) is 15.6. The molecule has 0 unspecified atom stereocenters. The summed E-state index contributed by atoms with van der Waals surface area (Å²) >= 11 is 0. The molecule has 0 spiro atoms. The molecule has 1 amide bonds. The van der Waals surface area contributed by atoms with E-state index >= 15 is 0 Å². The van der Waals surface area contributed by atoms with Gasteiger partial charge in [-0.25, -0.2) is 8.78 Å². The Bertz CT molecular complexity index is 662. The Balaban J connectivity index is 2.45. The molecule has 0 saturated carbocycles. The predicted molar refractivity (Wildman–Crippen MR) is 79.6 cm³/mol. The Labute approximate surface area is 123 Å². The fourth-order valence-electron chi connectivity index (χ4n) is 2.27. The molecule has 0 saturated heterocycles. The molecule has 0 aliphatic rings. The van der Waals surface area contributed by atoms with Gasteiger partial charge in [-0.05, 0) is 50.1 Å². The van der Waals surface area contributed by atoms with Crippen LogP contribution in [0, 0.1) is 25.5 Å². The largest absolute Gasteiger partial charge is 0.308 e. The summed E-state index contributed by atoms with van der Waals surface area (Å²) in [4.78, 5) is 14.1. The molecular weight excluding hydrogens is 272 g/mol. The number of aryl methyl sites for hydroxylation is 2. The molecule has 4 heteroatoms. The lowest BCUT2D eigenvalue weighted by Gasteiger charge is -2.23. The number of benzene rings is 2. The quantitative estimate of drug-likeness (QED) is 0.827. The zero-order valence-corrected chi connectivity index (χ0v) is 12.3. The highest BCUT2D eigenvalue weighted by atomic mass is 19.1. The molecule has 0 N–H and O–H groups in total. The van der Waals surface area contributed by atoms with E-state index in [-0.39, 0.29) is 5.56 Å². The molecule has 0 fully saturated rings. The molecule has 2 rings (SSSR count). The minimum absolute atomic E-state index is 0.00950. The summed E-state index contributed by atoms with van der Waals surface area (Å²) in [6.07, 6.45) is 0. The molecule has 0 heterocycles. The third-order valence-electron chi connectivity index (χ3n) is 3.33. The van der Waals surface area contributed by atoms with Crippen LogP contribution >= 0.6 is 0 Å². The molecule has 21 heavy (non-hydrogen) atoms. The van der Waals surface area contributed by atoms with Gasteiger partial charge in [0, 0.05) is 23.9 Å². The topological polar surface area (TPSA) is 20.3 Å². The van der Waals surface area contributed by atoms with Crippen molar-refractivity contribution in [1.29, 1.82) is 0 Å².